The van der Waals surface area contributed by atoms with E-state index in [4.69, 9.17) is 4.74 Å². The lowest BCUT2D eigenvalue weighted by molar-refractivity contribution is -0.133. The highest BCUT2D eigenvalue weighted by Gasteiger charge is 2.24. The number of methoxy groups -OCH3 is 1. The van der Waals surface area contributed by atoms with Gasteiger partial charge in [0.2, 0.25) is 5.91 Å². The molecule has 1 fully saturated rings. The summed E-state index contributed by atoms with van der Waals surface area (Å²) < 4.78 is 4.93. The number of nitrogens with zero attached hydrogens (tertiary/aromatic N) is 2. The van der Waals surface area contributed by atoms with Gasteiger partial charge in [-0.25, -0.2) is 0 Å². The maximum absolute atomic E-state index is 12.3. The zero-order valence-corrected chi connectivity index (χ0v) is 13.2. The van der Waals surface area contributed by atoms with E-state index in [9.17, 15) is 9.59 Å². The van der Waals surface area contributed by atoms with Gasteiger partial charge in [-0.15, -0.1) is 0 Å². The highest BCUT2D eigenvalue weighted by atomic mass is 16.5. The fraction of sp³-hybridized carbons (Fsp3) is 0.562. The van der Waals surface area contributed by atoms with Crippen LogP contribution in [0.5, 0.6) is 0 Å². The van der Waals surface area contributed by atoms with Crippen molar-refractivity contribution in [2.45, 2.75) is 32.2 Å². The van der Waals surface area contributed by atoms with Crippen molar-refractivity contribution < 1.29 is 14.3 Å². The molecule has 22 heavy (non-hydrogen) atoms. The maximum Gasteiger partial charge on any atom is 0.251 e. The van der Waals surface area contributed by atoms with Crippen molar-refractivity contribution in [2.24, 2.45) is 0 Å². The SMILES string of the molecule is COCCC(=O)N1CCC(NC(=O)c2ccncc2C)CC1. The van der Waals surface area contributed by atoms with Gasteiger partial charge in [0.05, 0.1) is 13.0 Å². The number of hydrogen-bond donors (Lipinski definition) is 1. The van der Waals surface area contributed by atoms with Gasteiger partial charge in [-0.2, -0.15) is 0 Å². The van der Waals surface area contributed by atoms with Crippen molar-refractivity contribution in [3.05, 3.63) is 29.6 Å². The smallest absolute Gasteiger partial charge is 0.251 e. The normalized spacial score (nSPS) is 15.6. The lowest BCUT2D eigenvalue weighted by Crippen LogP contribution is -2.46. The van der Waals surface area contributed by atoms with Crippen LogP contribution in [0.2, 0.25) is 0 Å². The second-order valence-electron chi connectivity index (χ2n) is 5.56. The molecule has 0 radical (unpaired) electrons. The molecule has 1 saturated heterocycles. The van der Waals surface area contributed by atoms with Gasteiger partial charge in [0, 0.05) is 44.2 Å². The largest absolute Gasteiger partial charge is 0.384 e. The van der Waals surface area contributed by atoms with Crippen molar-refractivity contribution in [3.8, 4) is 0 Å². The summed E-state index contributed by atoms with van der Waals surface area (Å²) in [5.41, 5.74) is 1.53. The fourth-order valence-corrected chi connectivity index (χ4v) is 2.61. The molecule has 0 bridgehead atoms. The molecule has 1 aliphatic heterocycles. The third kappa shape index (κ3) is 4.27. The number of aromatic nitrogens is 1. The molecule has 0 saturated carbocycles. The molecule has 1 N–H and O–H groups in total. The van der Waals surface area contributed by atoms with E-state index in [0.717, 1.165) is 18.4 Å². The summed E-state index contributed by atoms with van der Waals surface area (Å²) in [5.74, 6) is 0.0562. The van der Waals surface area contributed by atoms with Crippen LogP contribution in [-0.4, -0.2) is 54.5 Å². The molecule has 1 aromatic rings. The topological polar surface area (TPSA) is 71.5 Å². The average Bonchev–Trinajstić information content (AvgIpc) is 2.53. The quantitative estimate of drug-likeness (QED) is 0.886. The average molecular weight is 305 g/mol. The van der Waals surface area contributed by atoms with Crippen LogP contribution in [0.3, 0.4) is 0 Å². The molecule has 0 unspecified atom stereocenters. The number of piperidine rings is 1. The Morgan fingerprint density at radius 2 is 2.14 bits per heavy atom. The minimum Gasteiger partial charge on any atom is -0.384 e. The lowest BCUT2D eigenvalue weighted by Gasteiger charge is -2.32. The molecule has 120 valence electrons. The molecule has 1 aromatic heterocycles. The number of rotatable bonds is 5. The summed E-state index contributed by atoms with van der Waals surface area (Å²) in [6, 6.07) is 1.85. The van der Waals surface area contributed by atoms with Crippen LogP contribution in [0, 0.1) is 6.92 Å². The first kappa shape index (κ1) is 16.4. The van der Waals surface area contributed by atoms with Crippen molar-refractivity contribution in [3.63, 3.8) is 0 Å². The second-order valence-corrected chi connectivity index (χ2v) is 5.56. The van der Waals surface area contributed by atoms with Crippen LogP contribution in [0.1, 0.15) is 35.2 Å². The van der Waals surface area contributed by atoms with E-state index in [0.29, 0.717) is 31.7 Å². The van der Waals surface area contributed by atoms with Gasteiger partial charge < -0.3 is 15.0 Å². The van der Waals surface area contributed by atoms with E-state index >= 15 is 0 Å². The molecule has 2 heterocycles. The Kier molecular flexibility index (Phi) is 5.89. The minimum absolute atomic E-state index is 0.0657. The van der Waals surface area contributed by atoms with Gasteiger partial charge >= 0.3 is 0 Å². The number of likely N-dealkylation sites (tertiary alicyclic amines) is 1. The third-order valence-corrected chi connectivity index (χ3v) is 3.97. The first-order valence-corrected chi connectivity index (χ1v) is 7.60. The molecule has 1 aliphatic rings. The van der Waals surface area contributed by atoms with Gasteiger partial charge in [-0.3, -0.25) is 14.6 Å². The number of aryl methyl sites for hydroxylation is 1. The van der Waals surface area contributed by atoms with Crippen molar-refractivity contribution >= 4 is 11.8 Å². The summed E-state index contributed by atoms with van der Waals surface area (Å²) in [6.07, 6.45) is 5.30. The van der Waals surface area contributed by atoms with Crippen LogP contribution < -0.4 is 5.32 Å². The summed E-state index contributed by atoms with van der Waals surface area (Å²) in [5, 5.41) is 3.05. The van der Waals surface area contributed by atoms with Crippen molar-refractivity contribution in [1.29, 1.82) is 0 Å². The molecule has 6 heteroatoms. The Hall–Kier alpha value is -1.95. The zero-order valence-electron chi connectivity index (χ0n) is 13.2. The fourth-order valence-electron chi connectivity index (χ4n) is 2.61. The van der Waals surface area contributed by atoms with Crippen LogP contribution in [0.25, 0.3) is 0 Å². The van der Waals surface area contributed by atoms with Crippen LogP contribution in [-0.2, 0) is 9.53 Å². The van der Waals surface area contributed by atoms with Gasteiger partial charge in [-0.1, -0.05) is 0 Å². The number of hydrogen-bond acceptors (Lipinski definition) is 4. The Bertz CT molecular complexity index is 525. The Morgan fingerprint density at radius 3 is 2.77 bits per heavy atom. The monoisotopic (exact) mass is 305 g/mol. The highest BCUT2D eigenvalue weighted by molar-refractivity contribution is 5.95. The van der Waals surface area contributed by atoms with Crippen molar-refractivity contribution in [1.82, 2.24) is 15.2 Å². The molecule has 2 amide bonds. The molecule has 0 atom stereocenters. The Morgan fingerprint density at radius 1 is 1.41 bits per heavy atom. The summed E-state index contributed by atoms with van der Waals surface area (Å²) in [4.78, 5) is 30.0. The van der Waals surface area contributed by atoms with Gasteiger partial charge in [0.1, 0.15) is 0 Å². The van der Waals surface area contributed by atoms with Crippen molar-refractivity contribution in [2.75, 3.05) is 26.8 Å². The first-order valence-electron chi connectivity index (χ1n) is 7.60. The maximum atomic E-state index is 12.3. The molecule has 0 aromatic carbocycles. The van der Waals surface area contributed by atoms with Crippen LogP contribution >= 0.6 is 0 Å². The summed E-state index contributed by atoms with van der Waals surface area (Å²) in [7, 11) is 1.59. The van der Waals surface area contributed by atoms with Crippen LogP contribution in [0.4, 0.5) is 0 Å². The van der Waals surface area contributed by atoms with E-state index < -0.39 is 0 Å². The summed E-state index contributed by atoms with van der Waals surface area (Å²) >= 11 is 0. The van der Waals surface area contributed by atoms with Gasteiger partial charge in [0.25, 0.3) is 5.91 Å². The van der Waals surface area contributed by atoms with E-state index in [-0.39, 0.29) is 17.9 Å². The predicted octanol–water partition coefficient (Wildman–Crippen LogP) is 1.15. The molecular formula is C16H23N3O3. The number of carbonyl (C=O) groups is 2. The molecule has 0 spiro atoms. The highest BCUT2D eigenvalue weighted by Crippen LogP contribution is 2.13. The Labute approximate surface area is 130 Å². The van der Waals surface area contributed by atoms with Crippen LogP contribution in [0.15, 0.2) is 18.5 Å². The predicted molar refractivity (Wildman–Crippen MR) is 82.5 cm³/mol. The Balaban J connectivity index is 1.81. The lowest BCUT2D eigenvalue weighted by atomic mass is 10.0. The zero-order chi connectivity index (χ0) is 15.9. The first-order chi connectivity index (χ1) is 10.6. The van der Waals surface area contributed by atoms with E-state index in [2.05, 4.69) is 10.3 Å². The number of pyridine rings is 1. The summed E-state index contributed by atoms with van der Waals surface area (Å²) in [6.45, 7) is 3.70. The standard InChI is InChI=1S/C16H23N3O3/c1-12-11-17-7-3-14(12)16(21)18-13-4-8-19(9-5-13)15(20)6-10-22-2/h3,7,11,13H,4-6,8-10H2,1-2H3,(H,18,21). The number of amides is 2. The van der Waals surface area contributed by atoms with E-state index in [1.54, 1.807) is 25.6 Å². The third-order valence-electron chi connectivity index (χ3n) is 3.97. The van der Waals surface area contributed by atoms with Gasteiger partial charge in [-0.05, 0) is 31.4 Å². The number of ether oxygens (including phenoxy) is 1. The molecular weight excluding hydrogens is 282 g/mol. The molecule has 0 aliphatic carbocycles. The number of nitrogens with one attached hydrogen (secondary N) is 1. The molecule has 2 rings (SSSR count). The minimum atomic E-state index is -0.0657. The van der Waals surface area contributed by atoms with E-state index in [1.165, 1.54) is 0 Å². The van der Waals surface area contributed by atoms with Gasteiger partial charge in [0.15, 0.2) is 0 Å². The second kappa shape index (κ2) is 7.89. The molecule has 6 nitrogen and oxygen atoms in total. The van der Waals surface area contributed by atoms with E-state index in [1.807, 2.05) is 11.8 Å². The number of carbonyl (C=O) groups excluding carboxylic acids is 2.